The smallest absolute Gasteiger partial charge is 0.268 e. The topological polar surface area (TPSA) is 70.8 Å². The minimum Gasteiger partial charge on any atom is -0.495 e. The van der Waals surface area contributed by atoms with E-state index >= 15 is 0 Å². The Morgan fingerprint density at radius 3 is 2.62 bits per heavy atom. The lowest BCUT2D eigenvalue weighted by atomic mass is 10.0. The Balaban J connectivity index is 1.63. The fraction of sp³-hybridized carbons (Fsp3) is 0.280. The fourth-order valence-electron chi connectivity index (χ4n) is 4.08. The van der Waals surface area contributed by atoms with E-state index in [1.54, 1.807) is 19.5 Å². The lowest BCUT2D eigenvalue weighted by Crippen LogP contribution is -2.51. The molecular weight excluding hydrogens is 442 g/mol. The molecule has 0 unspecified atom stereocenters. The summed E-state index contributed by atoms with van der Waals surface area (Å²) in [7, 11) is 1.58. The molecule has 0 aliphatic carbocycles. The molecule has 1 fully saturated rings. The summed E-state index contributed by atoms with van der Waals surface area (Å²) in [5, 5.41) is 12.4. The van der Waals surface area contributed by atoms with Crippen LogP contribution in [0.4, 0.5) is 14.5 Å². The number of carbonyl (C=O) groups excluding carboxylic acids is 1. The van der Waals surface area contributed by atoms with Gasteiger partial charge in [-0.3, -0.25) is 9.80 Å². The van der Waals surface area contributed by atoms with Gasteiger partial charge in [0.15, 0.2) is 0 Å². The molecule has 3 aromatic rings. The van der Waals surface area contributed by atoms with Crippen LogP contribution in [-0.2, 0) is 4.79 Å². The van der Waals surface area contributed by atoms with Gasteiger partial charge in [-0.2, -0.15) is 0 Å². The predicted molar refractivity (Wildman–Crippen MR) is 125 cm³/mol. The number of ether oxygens (including phenoxy) is 1. The van der Waals surface area contributed by atoms with Crippen LogP contribution in [0.15, 0.2) is 54.5 Å². The summed E-state index contributed by atoms with van der Waals surface area (Å²) in [5.41, 5.74) is 3.21. The number of carbonyl (C=O) groups is 1. The molecule has 7 nitrogen and oxygen atoms in total. The third-order valence-electron chi connectivity index (χ3n) is 5.61. The highest BCUT2D eigenvalue weighted by Gasteiger charge is 2.29. The van der Waals surface area contributed by atoms with Gasteiger partial charge in [-0.1, -0.05) is 6.07 Å². The van der Waals surface area contributed by atoms with Crippen molar-refractivity contribution in [3.05, 3.63) is 77.4 Å². The van der Waals surface area contributed by atoms with E-state index in [-0.39, 0.29) is 24.7 Å². The average Bonchev–Trinajstić information content (AvgIpc) is 3.24. The van der Waals surface area contributed by atoms with Gasteiger partial charge in [0.05, 0.1) is 43.7 Å². The molecule has 1 aromatic heterocycles. The third-order valence-corrected chi connectivity index (χ3v) is 5.61. The Kier molecular flexibility index (Phi) is 6.93. The first-order chi connectivity index (χ1) is 16.4. The zero-order chi connectivity index (χ0) is 24.2. The molecule has 178 valence electrons. The first-order valence-corrected chi connectivity index (χ1v) is 11.0. The minimum absolute atomic E-state index is 0.0226. The van der Waals surface area contributed by atoms with Crippen LogP contribution in [0, 0.1) is 18.6 Å². The maximum Gasteiger partial charge on any atom is 0.268 e. The number of amides is 1. The normalized spacial score (nSPS) is 15.1. The van der Waals surface area contributed by atoms with Crippen LogP contribution >= 0.6 is 0 Å². The maximum absolute atomic E-state index is 13.8. The van der Waals surface area contributed by atoms with Crippen molar-refractivity contribution in [2.75, 3.05) is 31.8 Å². The van der Waals surface area contributed by atoms with E-state index < -0.39 is 11.6 Å². The highest BCUT2D eigenvalue weighted by Crippen LogP contribution is 2.29. The number of aryl methyl sites for hydroxylation is 1. The van der Waals surface area contributed by atoms with Gasteiger partial charge in [0.1, 0.15) is 17.4 Å². The number of imidazole rings is 1. The molecule has 1 amide bonds. The number of methoxy groups -OCH3 is 1. The second-order valence-electron chi connectivity index (χ2n) is 8.03. The second kappa shape index (κ2) is 10.0. The molecule has 0 saturated carbocycles. The number of aromatic nitrogens is 2. The van der Waals surface area contributed by atoms with Crippen LogP contribution in [0.5, 0.6) is 5.75 Å². The number of hydrogen-bond acceptors (Lipinski definition) is 5. The Labute approximate surface area is 196 Å². The Morgan fingerprint density at radius 2 is 1.97 bits per heavy atom. The quantitative estimate of drug-likeness (QED) is 0.533. The van der Waals surface area contributed by atoms with Gasteiger partial charge < -0.3 is 14.4 Å². The van der Waals surface area contributed by atoms with E-state index in [2.05, 4.69) is 4.98 Å². The van der Waals surface area contributed by atoms with E-state index in [1.165, 1.54) is 10.0 Å². The van der Waals surface area contributed by atoms with E-state index in [9.17, 15) is 18.7 Å². The van der Waals surface area contributed by atoms with Crippen molar-refractivity contribution in [3.63, 3.8) is 0 Å². The first-order valence-electron chi connectivity index (χ1n) is 11.0. The van der Waals surface area contributed by atoms with Crippen LogP contribution in [0.2, 0.25) is 0 Å². The second-order valence-corrected chi connectivity index (χ2v) is 8.03. The number of hydrazine groups is 1. The molecule has 2 aromatic carbocycles. The largest absolute Gasteiger partial charge is 0.495 e. The van der Waals surface area contributed by atoms with Crippen molar-refractivity contribution < 1.29 is 23.4 Å². The highest BCUT2D eigenvalue weighted by molar-refractivity contribution is 5.99. The summed E-state index contributed by atoms with van der Waals surface area (Å²) in [6.45, 7) is 2.01. The molecular formula is C25H26F2N4O3. The number of nitrogens with zero attached hydrogens (tertiary/aromatic N) is 4. The van der Waals surface area contributed by atoms with Crippen LogP contribution < -0.4 is 9.75 Å². The van der Waals surface area contributed by atoms with Gasteiger partial charge in [-0.05, 0) is 55.7 Å². The number of aliphatic hydroxyl groups excluding tert-OH is 1. The molecule has 1 N–H and O–H groups in total. The Bertz CT molecular complexity index is 1200. The summed E-state index contributed by atoms with van der Waals surface area (Å²) in [5.74, 6) is -1.15. The number of aliphatic hydroxyl groups is 1. The molecule has 2 heterocycles. The molecule has 0 radical (unpaired) electrons. The van der Waals surface area contributed by atoms with Gasteiger partial charge in [0.2, 0.25) is 0 Å². The van der Waals surface area contributed by atoms with Crippen molar-refractivity contribution in [3.8, 4) is 11.4 Å². The molecule has 1 saturated heterocycles. The Morgan fingerprint density at radius 1 is 1.21 bits per heavy atom. The SMILES string of the molecule is COc1cc(/C=C2\CCCN(N(CCO)c3cc(F)cc(F)c3)C2=O)ccc1-n1cnc(C)c1. The number of benzene rings is 2. The summed E-state index contributed by atoms with van der Waals surface area (Å²) in [4.78, 5) is 17.6. The number of hydrogen-bond donors (Lipinski definition) is 1. The lowest BCUT2D eigenvalue weighted by Gasteiger charge is -2.39. The monoisotopic (exact) mass is 468 g/mol. The number of anilines is 1. The van der Waals surface area contributed by atoms with Gasteiger partial charge in [0, 0.05) is 24.4 Å². The van der Waals surface area contributed by atoms with Crippen molar-refractivity contribution in [1.29, 1.82) is 0 Å². The van der Waals surface area contributed by atoms with E-state index in [0.717, 1.165) is 35.1 Å². The zero-order valence-electron chi connectivity index (χ0n) is 19.0. The minimum atomic E-state index is -0.751. The molecule has 1 aliphatic rings. The molecule has 1 aliphatic heterocycles. The third kappa shape index (κ3) is 4.94. The maximum atomic E-state index is 13.8. The number of piperidine rings is 1. The summed E-state index contributed by atoms with van der Waals surface area (Å²) < 4.78 is 35.1. The van der Waals surface area contributed by atoms with Crippen LogP contribution in [0.3, 0.4) is 0 Å². The fourth-order valence-corrected chi connectivity index (χ4v) is 4.08. The van der Waals surface area contributed by atoms with Gasteiger partial charge >= 0.3 is 0 Å². The summed E-state index contributed by atoms with van der Waals surface area (Å²) in [6.07, 6.45) is 6.62. The predicted octanol–water partition coefficient (Wildman–Crippen LogP) is 3.89. The number of rotatable bonds is 7. The summed E-state index contributed by atoms with van der Waals surface area (Å²) in [6, 6.07) is 8.69. The van der Waals surface area contributed by atoms with Crippen molar-refractivity contribution in [2.24, 2.45) is 0 Å². The van der Waals surface area contributed by atoms with Crippen LogP contribution in [0.1, 0.15) is 24.1 Å². The van der Waals surface area contributed by atoms with Crippen molar-refractivity contribution in [2.45, 2.75) is 19.8 Å². The van der Waals surface area contributed by atoms with Gasteiger partial charge in [-0.25, -0.2) is 18.8 Å². The molecule has 0 spiro atoms. The standard InChI is InChI=1S/C25H26F2N4O3/c1-17-15-29(16-28-17)23-6-5-18(11-24(23)34-2)10-19-4-3-7-31(25(19)33)30(8-9-32)22-13-20(26)12-21(27)14-22/h5-6,10-16,32H,3-4,7-9H2,1-2H3/b19-10+. The molecule has 0 bridgehead atoms. The highest BCUT2D eigenvalue weighted by atomic mass is 19.1. The van der Waals surface area contributed by atoms with Gasteiger partial charge in [0.25, 0.3) is 5.91 Å². The van der Waals surface area contributed by atoms with E-state index in [4.69, 9.17) is 4.74 Å². The first kappa shape index (κ1) is 23.4. The lowest BCUT2D eigenvalue weighted by molar-refractivity contribution is -0.129. The molecule has 34 heavy (non-hydrogen) atoms. The van der Waals surface area contributed by atoms with Crippen LogP contribution in [-0.4, -0.2) is 52.4 Å². The van der Waals surface area contributed by atoms with Crippen molar-refractivity contribution >= 4 is 17.7 Å². The van der Waals surface area contributed by atoms with Crippen molar-refractivity contribution in [1.82, 2.24) is 14.6 Å². The number of halogens is 2. The van der Waals surface area contributed by atoms with Crippen LogP contribution in [0.25, 0.3) is 11.8 Å². The molecule has 0 atom stereocenters. The van der Waals surface area contributed by atoms with Gasteiger partial charge in [-0.15, -0.1) is 0 Å². The summed E-state index contributed by atoms with van der Waals surface area (Å²) >= 11 is 0. The van der Waals surface area contributed by atoms with E-state index in [1.807, 2.05) is 35.9 Å². The van der Waals surface area contributed by atoms with E-state index in [0.29, 0.717) is 30.7 Å². The Hall–Kier alpha value is -3.72. The zero-order valence-corrected chi connectivity index (χ0v) is 19.0. The average molecular weight is 469 g/mol. The molecule has 4 rings (SSSR count). The molecule has 9 heteroatoms.